The quantitative estimate of drug-likeness (QED) is 0.502. The molecule has 168 valence electrons. The van der Waals surface area contributed by atoms with Crippen LogP contribution in [0.15, 0.2) is 18.2 Å². The molecule has 1 aromatic carbocycles. The summed E-state index contributed by atoms with van der Waals surface area (Å²) in [6.45, 7) is 3.50. The Kier molecular flexibility index (Phi) is 6.13. The standard InChI is InChI=1S/C22H22N2O7S/c1-3-29-22(28)20-12(2)16(9-13-4-5-14-15(8-13)31-11-30-14)32-21(20)23-17(25)10-24-18(26)6-7-19(24)27/h4-5,8H,3,6-7,9-11H2,1-2H3,(H,23,25). The van der Waals surface area contributed by atoms with Crippen LogP contribution in [-0.4, -0.2) is 48.5 Å². The fourth-order valence-corrected chi connectivity index (χ4v) is 4.86. The topological polar surface area (TPSA) is 111 Å². The molecule has 32 heavy (non-hydrogen) atoms. The lowest BCUT2D eigenvalue weighted by Gasteiger charge is -2.13. The van der Waals surface area contributed by atoms with Crippen LogP contribution in [0.25, 0.3) is 0 Å². The SMILES string of the molecule is CCOC(=O)c1c(NC(=O)CN2C(=O)CCC2=O)sc(Cc2ccc3c(c2)OCO3)c1C. The molecule has 1 fully saturated rings. The van der Waals surface area contributed by atoms with Crippen molar-refractivity contribution in [2.24, 2.45) is 0 Å². The van der Waals surface area contributed by atoms with Crippen molar-refractivity contribution in [1.29, 1.82) is 0 Å². The Morgan fingerprint density at radius 3 is 2.59 bits per heavy atom. The smallest absolute Gasteiger partial charge is 0.341 e. The van der Waals surface area contributed by atoms with Crippen molar-refractivity contribution in [2.45, 2.75) is 33.1 Å². The third-order valence-corrected chi connectivity index (χ3v) is 6.44. The highest BCUT2D eigenvalue weighted by atomic mass is 32.1. The molecule has 0 atom stereocenters. The minimum absolute atomic E-state index is 0.109. The van der Waals surface area contributed by atoms with E-state index in [2.05, 4.69) is 5.32 Å². The number of fused-ring (bicyclic) bond motifs is 1. The van der Waals surface area contributed by atoms with Gasteiger partial charge in [-0.05, 0) is 37.1 Å². The number of benzene rings is 1. The van der Waals surface area contributed by atoms with Crippen molar-refractivity contribution in [3.63, 3.8) is 0 Å². The van der Waals surface area contributed by atoms with E-state index in [1.54, 1.807) is 13.8 Å². The first-order valence-electron chi connectivity index (χ1n) is 10.2. The fraction of sp³-hybridized carbons (Fsp3) is 0.364. The maximum absolute atomic E-state index is 12.6. The molecule has 10 heteroatoms. The maximum Gasteiger partial charge on any atom is 0.341 e. The zero-order chi connectivity index (χ0) is 22.8. The molecular weight excluding hydrogens is 436 g/mol. The molecule has 9 nitrogen and oxygen atoms in total. The zero-order valence-electron chi connectivity index (χ0n) is 17.7. The number of nitrogens with one attached hydrogen (secondary N) is 1. The molecule has 3 heterocycles. The number of hydrogen-bond acceptors (Lipinski definition) is 8. The van der Waals surface area contributed by atoms with E-state index < -0.39 is 11.9 Å². The molecule has 2 aliphatic heterocycles. The number of thiophene rings is 1. The lowest BCUT2D eigenvalue weighted by Crippen LogP contribution is -2.37. The molecule has 0 bridgehead atoms. The summed E-state index contributed by atoms with van der Waals surface area (Å²) in [5.41, 5.74) is 1.94. The van der Waals surface area contributed by atoms with E-state index >= 15 is 0 Å². The number of ether oxygens (including phenoxy) is 3. The van der Waals surface area contributed by atoms with Crippen LogP contribution in [0, 0.1) is 6.92 Å². The van der Waals surface area contributed by atoms with Gasteiger partial charge in [-0.2, -0.15) is 0 Å². The lowest BCUT2D eigenvalue weighted by molar-refractivity contribution is -0.141. The van der Waals surface area contributed by atoms with Crippen molar-refractivity contribution in [3.05, 3.63) is 39.8 Å². The second-order valence-electron chi connectivity index (χ2n) is 7.36. The predicted molar refractivity (Wildman–Crippen MR) is 115 cm³/mol. The van der Waals surface area contributed by atoms with Crippen LogP contribution in [0.1, 0.15) is 46.1 Å². The number of nitrogens with zero attached hydrogens (tertiary/aromatic N) is 1. The van der Waals surface area contributed by atoms with E-state index in [1.807, 2.05) is 18.2 Å². The van der Waals surface area contributed by atoms with E-state index in [9.17, 15) is 19.2 Å². The molecule has 0 aliphatic carbocycles. The maximum atomic E-state index is 12.6. The Bertz CT molecular complexity index is 1090. The number of carbonyl (C=O) groups is 4. The number of esters is 1. The number of imide groups is 1. The molecule has 0 saturated carbocycles. The predicted octanol–water partition coefficient (Wildman–Crippen LogP) is 2.64. The van der Waals surface area contributed by atoms with Gasteiger partial charge in [-0.1, -0.05) is 6.07 Å². The molecule has 3 amide bonds. The first-order chi connectivity index (χ1) is 15.4. The molecule has 1 saturated heterocycles. The van der Waals surface area contributed by atoms with Gasteiger partial charge in [0.25, 0.3) is 0 Å². The first kappa shape index (κ1) is 21.8. The molecule has 0 unspecified atom stereocenters. The molecule has 1 N–H and O–H groups in total. The number of amides is 3. The van der Waals surface area contributed by atoms with Crippen LogP contribution in [0.2, 0.25) is 0 Å². The molecule has 1 aromatic heterocycles. The molecule has 0 spiro atoms. The van der Waals surface area contributed by atoms with Crippen molar-refractivity contribution in [2.75, 3.05) is 25.3 Å². The van der Waals surface area contributed by atoms with Crippen LogP contribution >= 0.6 is 11.3 Å². The van der Waals surface area contributed by atoms with E-state index in [4.69, 9.17) is 14.2 Å². The third kappa shape index (κ3) is 4.31. The summed E-state index contributed by atoms with van der Waals surface area (Å²) in [6, 6.07) is 5.63. The van der Waals surface area contributed by atoms with Crippen LogP contribution in [0.5, 0.6) is 11.5 Å². The van der Waals surface area contributed by atoms with Gasteiger partial charge in [-0.15, -0.1) is 11.3 Å². The number of likely N-dealkylation sites (tertiary alicyclic amines) is 1. The van der Waals surface area contributed by atoms with Crippen molar-refractivity contribution in [1.82, 2.24) is 4.90 Å². The average Bonchev–Trinajstić information content (AvgIpc) is 3.42. The minimum atomic E-state index is -0.546. The van der Waals surface area contributed by atoms with Crippen molar-refractivity contribution in [3.8, 4) is 11.5 Å². The highest BCUT2D eigenvalue weighted by molar-refractivity contribution is 7.17. The highest BCUT2D eigenvalue weighted by Gasteiger charge is 2.31. The molecule has 2 aromatic rings. The van der Waals surface area contributed by atoms with E-state index in [0.29, 0.717) is 28.5 Å². The Balaban J connectivity index is 1.58. The summed E-state index contributed by atoms with van der Waals surface area (Å²) >= 11 is 1.26. The second-order valence-corrected chi connectivity index (χ2v) is 8.47. The molecular formula is C22H22N2O7S. The average molecular weight is 458 g/mol. The zero-order valence-corrected chi connectivity index (χ0v) is 18.5. The van der Waals surface area contributed by atoms with E-state index in [-0.39, 0.29) is 50.2 Å². The van der Waals surface area contributed by atoms with Gasteiger partial charge < -0.3 is 19.5 Å². The van der Waals surface area contributed by atoms with Gasteiger partial charge in [-0.25, -0.2) is 4.79 Å². The van der Waals surface area contributed by atoms with E-state index in [0.717, 1.165) is 15.3 Å². The monoisotopic (exact) mass is 458 g/mol. The van der Waals surface area contributed by atoms with Gasteiger partial charge in [0.05, 0.1) is 12.2 Å². The summed E-state index contributed by atoms with van der Waals surface area (Å²) in [7, 11) is 0. The number of rotatable bonds is 7. The van der Waals surface area contributed by atoms with Gasteiger partial charge >= 0.3 is 5.97 Å². The number of carbonyl (C=O) groups excluding carboxylic acids is 4. The summed E-state index contributed by atoms with van der Waals surface area (Å²) in [5.74, 6) is -0.487. The van der Waals surface area contributed by atoms with Gasteiger partial charge in [-0.3, -0.25) is 19.3 Å². The summed E-state index contributed by atoms with van der Waals surface area (Å²) < 4.78 is 16.0. The summed E-state index contributed by atoms with van der Waals surface area (Å²) in [6.07, 6.45) is 0.731. The minimum Gasteiger partial charge on any atom is -0.462 e. The van der Waals surface area contributed by atoms with Gasteiger partial charge in [0.1, 0.15) is 11.5 Å². The van der Waals surface area contributed by atoms with E-state index in [1.165, 1.54) is 11.3 Å². The molecule has 0 radical (unpaired) electrons. The summed E-state index contributed by atoms with van der Waals surface area (Å²) in [4.78, 5) is 50.6. The molecule has 2 aliphatic rings. The Morgan fingerprint density at radius 1 is 1.16 bits per heavy atom. The largest absolute Gasteiger partial charge is 0.462 e. The Hall–Kier alpha value is -3.40. The van der Waals surface area contributed by atoms with Crippen LogP contribution in [0.4, 0.5) is 5.00 Å². The van der Waals surface area contributed by atoms with Crippen molar-refractivity contribution >= 4 is 40.0 Å². The number of anilines is 1. The van der Waals surface area contributed by atoms with Gasteiger partial charge in [0, 0.05) is 24.1 Å². The Morgan fingerprint density at radius 2 is 1.88 bits per heavy atom. The number of hydrogen-bond donors (Lipinski definition) is 1. The second kappa shape index (κ2) is 8.99. The first-order valence-corrected chi connectivity index (χ1v) is 11.0. The molecule has 4 rings (SSSR count). The van der Waals surface area contributed by atoms with Gasteiger partial charge in [0.2, 0.25) is 24.5 Å². The van der Waals surface area contributed by atoms with Crippen LogP contribution < -0.4 is 14.8 Å². The Labute approximate surface area is 188 Å². The van der Waals surface area contributed by atoms with Gasteiger partial charge in [0.15, 0.2) is 11.5 Å². The van der Waals surface area contributed by atoms with Crippen molar-refractivity contribution < 1.29 is 33.4 Å². The third-order valence-electron chi connectivity index (χ3n) is 5.24. The normalized spacial score (nSPS) is 14.8. The lowest BCUT2D eigenvalue weighted by atomic mass is 10.1. The van der Waals surface area contributed by atoms with Crippen LogP contribution in [-0.2, 0) is 25.5 Å². The fourth-order valence-electron chi connectivity index (χ4n) is 3.61. The highest BCUT2D eigenvalue weighted by Crippen LogP contribution is 2.37. The summed E-state index contributed by atoms with van der Waals surface area (Å²) in [5, 5.41) is 3.03. The van der Waals surface area contributed by atoms with Crippen LogP contribution in [0.3, 0.4) is 0 Å².